The third-order valence-corrected chi connectivity index (χ3v) is 2.32. The SMILES string of the molecule is CC(C(N)CC(=O)O)N(C)C(=O)OC(C)(C)C. The summed E-state index contributed by atoms with van der Waals surface area (Å²) in [5.74, 6) is -0.984. The maximum absolute atomic E-state index is 11.7. The molecule has 0 aliphatic heterocycles. The average molecular weight is 246 g/mol. The number of carboxylic acids is 1. The van der Waals surface area contributed by atoms with E-state index in [-0.39, 0.29) is 6.42 Å². The molecule has 0 saturated carbocycles. The van der Waals surface area contributed by atoms with Crippen LogP contribution >= 0.6 is 0 Å². The Hall–Kier alpha value is -1.30. The van der Waals surface area contributed by atoms with Crippen molar-refractivity contribution in [3.63, 3.8) is 0 Å². The van der Waals surface area contributed by atoms with E-state index in [2.05, 4.69) is 0 Å². The van der Waals surface area contributed by atoms with Crippen LogP contribution in [0.3, 0.4) is 0 Å². The van der Waals surface area contributed by atoms with Crippen LogP contribution in [0.5, 0.6) is 0 Å². The Bertz CT molecular complexity index is 286. The van der Waals surface area contributed by atoms with Crippen LogP contribution in [-0.2, 0) is 9.53 Å². The molecule has 0 aromatic heterocycles. The van der Waals surface area contributed by atoms with Crippen molar-refractivity contribution in [2.75, 3.05) is 7.05 Å². The van der Waals surface area contributed by atoms with Crippen LogP contribution in [0, 0.1) is 0 Å². The van der Waals surface area contributed by atoms with Crippen molar-refractivity contribution in [2.24, 2.45) is 5.73 Å². The molecule has 17 heavy (non-hydrogen) atoms. The van der Waals surface area contributed by atoms with Gasteiger partial charge in [0, 0.05) is 19.1 Å². The number of hydrogen-bond acceptors (Lipinski definition) is 4. The second-order valence-electron chi connectivity index (χ2n) is 5.09. The molecule has 0 bridgehead atoms. The maximum atomic E-state index is 11.7. The van der Waals surface area contributed by atoms with Crippen LogP contribution in [0.15, 0.2) is 0 Å². The zero-order chi connectivity index (χ0) is 13.8. The van der Waals surface area contributed by atoms with Crippen LogP contribution in [0.4, 0.5) is 4.79 Å². The first kappa shape index (κ1) is 15.7. The molecule has 0 saturated heterocycles. The average Bonchev–Trinajstić information content (AvgIpc) is 2.11. The Kier molecular flexibility index (Phi) is 5.41. The molecule has 0 aromatic rings. The minimum atomic E-state index is -0.984. The number of carboxylic acid groups (broad SMARTS) is 1. The third-order valence-electron chi connectivity index (χ3n) is 2.32. The van der Waals surface area contributed by atoms with Crippen LogP contribution in [0.2, 0.25) is 0 Å². The van der Waals surface area contributed by atoms with Crippen molar-refractivity contribution in [2.45, 2.75) is 51.8 Å². The van der Waals surface area contributed by atoms with E-state index in [1.54, 1.807) is 34.7 Å². The van der Waals surface area contributed by atoms with Gasteiger partial charge in [0.1, 0.15) is 5.60 Å². The molecule has 1 amide bonds. The molecular formula is C11H22N2O4. The topological polar surface area (TPSA) is 92.9 Å². The molecular weight excluding hydrogens is 224 g/mol. The summed E-state index contributed by atoms with van der Waals surface area (Å²) in [4.78, 5) is 23.5. The van der Waals surface area contributed by atoms with Crippen molar-refractivity contribution >= 4 is 12.1 Å². The number of rotatable bonds is 4. The van der Waals surface area contributed by atoms with Crippen LogP contribution in [0.1, 0.15) is 34.1 Å². The number of carbonyl (C=O) groups is 2. The standard InChI is InChI=1S/C11H22N2O4/c1-7(8(12)6-9(14)15)13(5)10(16)17-11(2,3)4/h7-8H,6,12H2,1-5H3,(H,14,15). The van der Waals surface area contributed by atoms with Gasteiger partial charge in [0.15, 0.2) is 0 Å². The second-order valence-corrected chi connectivity index (χ2v) is 5.09. The van der Waals surface area contributed by atoms with E-state index >= 15 is 0 Å². The number of ether oxygens (including phenoxy) is 1. The van der Waals surface area contributed by atoms with Gasteiger partial charge in [-0.2, -0.15) is 0 Å². The Labute approximate surface area is 102 Å². The molecule has 3 N–H and O–H groups in total. The molecule has 6 heteroatoms. The van der Waals surface area contributed by atoms with Gasteiger partial charge in [0.2, 0.25) is 0 Å². The lowest BCUT2D eigenvalue weighted by Crippen LogP contribution is -2.49. The molecule has 100 valence electrons. The number of hydrogen-bond donors (Lipinski definition) is 2. The predicted molar refractivity (Wildman–Crippen MR) is 63.7 cm³/mol. The van der Waals surface area contributed by atoms with Crippen LogP contribution in [-0.4, -0.2) is 46.8 Å². The highest BCUT2D eigenvalue weighted by atomic mass is 16.6. The molecule has 6 nitrogen and oxygen atoms in total. The van der Waals surface area contributed by atoms with Crippen molar-refractivity contribution in [1.82, 2.24) is 4.90 Å². The molecule has 0 rings (SSSR count). The van der Waals surface area contributed by atoms with Crippen LogP contribution in [0.25, 0.3) is 0 Å². The molecule has 0 fully saturated rings. The summed E-state index contributed by atoms with van der Waals surface area (Å²) in [7, 11) is 1.54. The monoisotopic (exact) mass is 246 g/mol. The van der Waals surface area contributed by atoms with E-state index in [9.17, 15) is 9.59 Å². The first-order chi connectivity index (χ1) is 7.54. The Morgan fingerprint density at radius 3 is 2.24 bits per heavy atom. The first-order valence-corrected chi connectivity index (χ1v) is 5.47. The smallest absolute Gasteiger partial charge is 0.410 e. The lowest BCUT2D eigenvalue weighted by atomic mass is 10.1. The fourth-order valence-electron chi connectivity index (χ4n) is 1.16. The van der Waals surface area contributed by atoms with E-state index < -0.39 is 29.7 Å². The van der Waals surface area contributed by atoms with Gasteiger partial charge >= 0.3 is 12.1 Å². The number of nitrogens with two attached hydrogens (primary N) is 1. The number of nitrogens with zero attached hydrogens (tertiary/aromatic N) is 1. The van der Waals surface area contributed by atoms with Crippen molar-refractivity contribution in [3.05, 3.63) is 0 Å². The summed E-state index contributed by atoms with van der Waals surface area (Å²) >= 11 is 0. The summed E-state index contributed by atoms with van der Waals surface area (Å²) in [6, 6.07) is -1.02. The van der Waals surface area contributed by atoms with E-state index in [4.69, 9.17) is 15.6 Å². The highest BCUT2D eigenvalue weighted by Crippen LogP contribution is 2.12. The molecule has 0 spiro atoms. The summed E-state index contributed by atoms with van der Waals surface area (Å²) in [6.45, 7) is 6.99. The van der Waals surface area contributed by atoms with Crippen molar-refractivity contribution in [3.8, 4) is 0 Å². The fourth-order valence-corrected chi connectivity index (χ4v) is 1.16. The van der Waals surface area contributed by atoms with Gasteiger partial charge in [-0.15, -0.1) is 0 Å². The molecule has 2 atom stereocenters. The lowest BCUT2D eigenvalue weighted by molar-refractivity contribution is -0.137. The molecule has 0 aliphatic rings. The summed E-state index contributed by atoms with van der Waals surface area (Å²) < 4.78 is 5.16. The fraction of sp³-hybridized carbons (Fsp3) is 0.818. The summed E-state index contributed by atoms with van der Waals surface area (Å²) in [6.07, 6.45) is -0.695. The molecule has 2 unspecified atom stereocenters. The molecule has 0 aliphatic carbocycles. The Morgan fingerprint density at radius 2 is 1.88 bits per heavy atom. The van der Waals surface area contributed by atoms with Gasteiger partial charge in [-0.25, -0.2) is 4.79 Å². The van der Waals surface area contributed by atoms with E-state index in [0.29, 0.717) is 0 Å². The maximum Gasteiger partial charge on any atom is 0.410 e. The van der Waals surface area contributed by atoms with Gasteiger partial charge in [-0.3, -0.25) is 4.79 Å². The highest BCUT2D eigenvalue weighted by molar-refractivity contribution is 5.69. The van der Waals surface area contributed by atoms with Crippen molar-refractivity contribution < 1.29 is 19.4 Å². The molecule has 0 radical (unpaired) electrons. The van der Waals surface area contributed by atoms with Crippen molar-refractivity contribution in [1.29, 1.82) is 0 Å². The van der Waals surface area contributed by atoms with Gasteiger partial charge < -0.3 is 20.5 Å². The third kappa shape index (κ3) is 6.11. The molecule has 0 heterocycles. The van der Waals surface area contributed by atoms with Gasteiger partial charge in [-0.05, 0) is 27.7 Å². The van der Waals surface area contributed by atoms with E-state index in [0.717, 1.165) is 0 Å². The van der Waals surface area contributed by atoms with Gasteiger partial charge in [-0.1, -0.05) is 0 Å². The predicted octanol–water partition coefficient (Wildman–Crippen LogP) is 1.04. The number of aliphatic carboxylic acids is 1. The second kappa shape index (κ2) is 5.86. The minimum absolute atomic E-state index is 0.186. The normalized spacial score (nSPS) is 14.9. The minimum Gasteiger partial charge on any atom is -0.481 e. The lowest BCUT2D eigenvalue weighted by Gasteiger charge is -2.31. The van der Waals surface area contributed by atoms with Crippen LogP contribution < -0.4 is 5.73 Å². The summed E-state index contributed by atoms with van der Waals surface area (Å²) in [5.41, 5.74) is 5.11. The number of amides is 1. The largest absolute Gasteiger partial charge is 0.481 e. The van der Waals surface area contributed by atoms with E-state index in [1.165, 1.54) is 4.90 Å². The zero-order valence-electron chi connectivity index (χ0n) is 11.1. The highest BCUT2D eigenvalue weighted by Gasteiger charge is 2.27. The number of likely N-dealkylation sites (N-methyl/N-ethyl adjacent to an activating group) is 1. The Balaban J connectivity index is 4.43. The first-order valence-electron chi connectivity index (χ1n) is 5.47. The zero-order valence-corrected chi connectivity index (χ0v) is 11.1. The summed E-state index contributed by atoms with van der Waals surface area (Å²) in [5, 5.41) is 8.62. The van der Waals surface area contributed by atoms with Gasteiger partial charge in [0.05, 0.1) is 6.42 Å². The van der Waals surface area contributed by atoms with E-state index in [1.807, 2.05) is 0 Å². The Morgan fingerprint density at radius 1 is 1.41 bits per heavy atom. The molecule has 0 aromatic carbocycles. The van der Waals surface area contributed by atoms with Gasteiger partial charge in [0.25, 0.3) is 0 Å². The quantitative estimate of drug-likeness (QED) is 0.773. The number of carbonyl (C=O) groups excluding carboxylic acids is 1.